The summed E-state index contributed by atoms with van der Waals surface area (Å²) < 4.78 is 20.0. The molecule has 174 valence electrons. The second-order valence-electron chi connectivity index (χ2n) is 7.32. The Morgan fingerprint density at radius 3 is 2.58 bits per heavy atom. The number of furan rings is 1. The third kappa shape index (κ3) is 6.52. The zero-order valence-corrected chi connectivity index (χ0v) is 19.1. The highest BCUT2D eigenvalue weighted by molar-refractivity contribution is 7.12. The zero-order chi connectivity index (χ0) is 23.6. The molecule has 3 aromatic rings. The molecule has 0 aliphatic carbocycles. The third-order valence-corrected chi connectivity index (χ3v) is 5.86. The van der Waals surface area contributed by atoms with Gasteiger partial charge in [-0.3, -0.25) is 14.4 Å². The van der Waals surface area contributed by atoms with Gasteiger partial charge in [0.15, 0.2) is 0 Å². The van der Waals surface area contributed by atoms with Crippen molar-refractivity contribution in [1.82, 2.24) is 15.5 Å². The van der Waals surface area contributed by atoms with Gasteiger partial charge in [-0.15, -0.1) is 11.3 Å². The Bertz CT molecular complexity index is 1050. The number of benzene rings is 1. The number of halogens is 1. The maximum Gasteiger partial charge on any atom is 0.261 e. The van der Waals surface area contributed by atoms with Crippen LogP contribution in [0.4, 0.5) is 4.39 Å². The van der Waals surface area contributed by atoms with Crippen LogP contribution in [0.3, 0.4) is 0 Å². The lowest BCUT2D eigenvalue weighted by molar-refractivity contribution is -0.140. The number of hydrogen-bond acceptors (Lipinski definition) is 5. The molecule has 3 rings (SSSR count). The van der Waals surface area contributed by atoms with Gasteiger partial charge < -0.3 is 20.0 Å². The van der Waals surface area contributed by atoms with Crippen LogP contribution in [0.2, 0.25) is 0 Å². The molecule has 1 atom stereocenters. The molecule has 0 radical (unpaired) electrons. The normalized spacial score (nSPS) is 11.6. The van der Waals surface area contributed by atoms with Crippen LogP contribution >= 0.6 is 11.3 Å². The minimum atomic E-state index is -1.20. The van der Waals surface area contributed by atoms with E-state index in [4.69, 9.17) is 4.42 Å². The van der Waals surface area contributed by atoms with E-state index in [1.165, 1.54) is 40.7 Å². The standard InChI is InChI=1S/C24H26FN3O4S/c1-2-3-12-28(21(29)16-27-23(30)20-11-7-14-33-20)22(18-9-4-5-10-19(18)25)24(31)26-15-17-8-6-13-32-17/h4-11,13-14,22H,2-3,12,15-16H2,1H3,(H,26,31)(H,27,30). The number of nitrogens with one attached hydrogen (secondary N) is 2. The van der Waals surface area contributed by atoms with Crippen molar-refractivity contribution in [2.45, 2.75) is 32.4 Å². The molecular weight excluding hydrogens is 445 g/mol. The molecule has 33 heavy (non-hydrogen) atoms. The van der Waals surface area contributed by atoms with Gasteiger partial charge in [0, 0.05) is 12.1 Å². The highest BCUT2D eigenvalue weighted by Crippen LogP contribution is 2.25. The lowest BCUT2D eigenvalue weighted by atomic mass is 10.0. The third-order valence-electron chi connectivity index (χ3n) is 4.99. The summed E-state index contributed by atoms with van der Waals surface area (Å²) in [6.07, 6.45) is 2.87. The van der Waals surface area contributed by atoms with Crippen LogP contribution in [-0.2, 0) is 16.1 Å². The molecule has 0 aliphatic rings. The number of rotatable bonds is 11. The van der Waals surface area contributed by atoms with Gasteiger partial charge in [-0.05, 0) is 36.1 Å². The highest BCUT2D eigenvalue weighted by Gasteiger charge is 2.33. The number of unbranched alkanes of at least 4 members (excludes halogenated alkanes) is 1. The monoisotopic (exact) mass is 471 g/mol. The largest absolute Gasteiger partial charge is 0.467 e. The first-order chi connectivity index (χ1) is 16.0. The smallest absolute Gasteiger partial charge is 0.261 e. The maximum atomic E-state index is 14.8. The molecule has 3 amide bonds. The molecule has 0 spiro atoms. The average molecular weight is 472 g/mol. The number of amides is 3. The summed E-state index contributed by atoms with van der Waals surface area (Å²) in [5, 5.41) is 7.09. The molecule has 0 saturated heterocycles. The van der Waals surface area contributed by atoms with Crippen molar-refractivity contribution in [1.29, 1.82) is 0 Å². The van der Waals surface area contributed by atoms with Gasteiger partial charge in [-0.25, -0.2) is 4.39 Å². The predicted molar refractivity (Wildman–Crippen MR) is 123 cm³/mol. The van der Waals surface area contributed by atoms with Crippen LogP contribution in [0.5, 0.6) is 0 Å². The lowest BCUT2D eigenvalue weighted by Gasteiger charge is -2.31. The van der Waals surface area contributed by atoms with E-state index in [0.29, 0.717) is 17.1 Å². The quantitative estimate of drug-likeness (QED) is 0.444. The Labute approximate surface area is 195 Å². The summed E-state index contributed by atoms with van der Waals surface area (Å²) >= 11 is 1.26. The first kappa shape index (κ1) is 24.2. The molecule has 0 saturated carbocycles. The van der Waals surface area contributed by atoms with Gasteiger partial charge in [-0.2, -0.15) is 0 Å². The van der Waals surface area contributed by atoms with Crippen LogP contribution in [0.25, 0.3) is 0 Å². The van der Waals surface area contributed by atoms with Gasteiger partial charge in [0.05, 0.1) is 24.2 Å². The van der Waals surface area contributed by atoms with E-state index >= 15 is 0 Å². The van der Waals surface area contributed by atoms with Gasteiger partial charge in [0.1, 0.15) is 17.6 Å². The minimum absolute atomic E-state index is 0.0866. The number of carbonyl (C=O) groups is 3. The van der Waals surface area contributed by atoms with E-state index in [-0.39, 0.29) is 31.1 Å². The SMILES string of the molecule is CCCCN(C(=O)CNC(=O)c1cccs1)C(C(=O)NCc1ccco1)c1ccccc1F. The van der Waals surface area contributed by atoms with Crippen LogP contribution < -0.4 is 10.6 Å². The Hall–Kier alpha value is -3.46. The first-order valence-corrected chi connectivity index (χ1v) is 11.5. The van der Waals surface area contributed by atoms with Crippen LogP contribution in [0, 0.1) is 5.82 Å². The fraction of sp³-hybridized carbons (Fsp3) is 0.292. The molecule has 0 aliphatic heterocycles. The predicted octanol–water partition coefficient (Wildman–Crippen LogP) is 3.90. The van der Waals surface area contributed by atoms with Gasteiger partial charge in [0.25, 0.3) is 5.91 Å². The van der Waals surface area contributed by atoms with E-state index in [1.807, 2.05) is 6.92 Å². The molecule has 1 unspecified atom stereocenters. The van der Waals surface area contributed by atoms with Crippen LogP contribution in [0.15, 0.2) is 64.6 Å². The van der Waals surface area contributed by atoms with Crippen LogP contribution in [-0.4, -0.2) is 35.7 Å². The van der Waals surface area contributed by atoms with Crippen molar-refractivity contribution in [3.63, 3.8) is 0 Å². The Balaban J connectivity index is 1.83. The Kier molecular flexibility index (Phi) is 8.77. The minimum Gasteiger partial charge on any atom is -0.467 e. The summed E-state index contributed by atoms with van der Waals surface area (Å²) in [5.74, 6) is -1.45. The summed E-state index contributed by atoms with van der Waals surface area (Å²) in [4.78, 5) is 40.5. The fourth-order valence-corrected chi connectivity index (χ4v) is 3.95. The molecule has 1 aromatic carbocycles. The van der Waals surface area contributed by atoms with E-state index in [0.717, 1.165) is 6.42 Å². The van der Waals surface area contributed by atoms with Crippen molar-refractivity contribution in [2.75, 3.05) is 13.1 Å². The van der Waals surface area contributed by atoms with Crippen molar-refractivity contribution in [3.05, 3.63) is 82.2 Å². The molecule has 2 heterocycles. The van der Waals surface area contributed by atoms with Crippen molar-refractivity contribution in [3.8, 4) is 0 Å². The second-order valence-corrected chi connectivity index (χ2v) is 8.27. The number of hydrogen-bond donors (Lipinski definition) is 2. The fourth-order valence-electron chi connectivity index (χ4n) is 3.31. The molecular formula is C24H26FN3O4S. The van der Waals surface area contributed by atoms with E-state index in [9.17, 15) is 18.8 Å². The molecule has 2 aromatic heterocycles. The second kappa shape index (κ2) is 12.0. The van der Waals surface area contributed by atoms with E-state index in [1.54, 1.807) is 35.7 Å². The topological polar surface area (TPSA) is 91.7 Å². The average Bonchev–Trinajstić information content (AvgIpc) is 3.54. The first-order valence-electron chi connectivity index (χ1n) is 10.7. The van der Waals surface area contributed by atoms with Crippen molar-refractivity contribution >= 4 is 29.1 Å². The van der Waals surface area contributed by atoms with Crippen molar-refractivity contribution < 1.29 is 23.2 Å². The zero-order valence-electron chi connectivity index (χ0n) is 18.3. The summed E-state index contributed by atoms with van der Waals surface area (Å²) in [7, 11) is 0. The van der Waals surface area contributed by atoms with E-state index in [2.05, 4.69) is 10.6 Å². The van der Waals surface area contributed by atoms with Gasteiger partial charge in [0.2, 0.25) is 11.8 Å². The van der Waals surface area contributed by atoms with Gasteiger partial charge in [-0.1, -0.05) is 37.6 Å². The highest BCUT2D eigenvalue weighted by atomic mass is 32.1. The summed E-state index contributed by atoms with van der Waals surface area (Å²) in [5.41, 5.74) is 0.0866. The molecule has 7 nitrogen and oxygen atoms in total. The van der Waals surface area contributed by atoms with Crippen LogP contribution in [0.1, 0.15) is 46.8 Å². The molecule has 9 heteroatoms. The lowest BCUT2D eigenvalue weighted by Crippen LogP contribution is -2.47. The number of carbonyl (C=O) groups excluding carboxylic acids is 3. The van der Waals surface area contributed by atoms with E-state index < -0.39 is 23.7 Å². The summed E-state index contributed by atoms with van der Waals surface area (Å²) in [6, 6.07) is 11.5. The molecule has 0 fully saturated rings. The number of nitrogens with zero attached hydrogens (tertiary/aromatic N) is 1. The molecule has 2 N–H and O–H groups in total. The Morgan fingerprint density at radius 1 is 1.09 bits per heavy atom. The van der Waals surface area contributed by atoms with Gasteiger partial charge >= 0.3 is 0 Å². The maximum absolute atomic E-state index is 14.8. The number of thiophene rings is 1. The Morgan fingerprint density at radius 2 is 1.91 bits per heavy atom. The van der Waals surface area contributed by atoms with Crippen molar-refractivity contribution in [2.24, 2.45) is 0 Å². The molecule has 0 bridgehead atoms. The summed E-state index contributed by atoms with van der Waals surface area (Å²) in [6.45, 7) is 1.98.